The standard InChI is InChI=1S/C28H32N2O4S/c1-4-34-26-14-16-27(17-15-26)35(32,33)30(25-12-8-20(2)9-13-25)19-28(31)29-21(3)23-11-10-22-6-5-7-24(22)18-23/h8-18,21H,4-7,19H2,1-3H3,(H,29,31). The molecule has 1 atom stereocenters. The average Bonchev–Trinajstić information content (AvgIpc) is 3.32. The molecule has 1 unspecified atom stereocenters. The Morgan fingerprint density at radius 1 is 1.00 bits per heavy atom. The molecule has 7 heteroatoms. The molecule has 1 N–H and O–H groups in total. The van der Waals surface area contributed by atoms with Gasteiger partial charge in [0.1, 0.15) is 12.3 Å². The van der Waals surface area contributed by atoms with Crippen molar-refractivity contribution in [3.63, 3.8) is 0 Å². The number of benzene rings is 3. The van der Waals surface area contributed by atoms with Crippen molar-refractivity contribution in [1.82, 2.24) is 5.32 Å². The molecule has 6 nitrogen and oxygen atoms in total. The zero-order chi connectivity index (χ0) is 25.0. The summed E-state index contributed by atoms with van der Waals surface area (Å²) in [6.07, 6.45) is 3.32. The van der Waals surface area contributed by atoms with E-state index < -0.39 is 10.0 Å². The van der Waals surface area contributed by atoms with E-state index in [2.05, 4.69) is 17.4 Å². The number of ether oxygens (including phenoxy) is 1. The SMILES string of the molecule is CCOc1ccc(S(=O)(=O)N(CC(=O)NC(C)c2ccc3c(c2)CCC3)c2ccc(C)cc2)cc1. The topological polar surface area (TPSA) is 75.7 Å². The van der Waals surface area contributed by atoms with Crippen LogP contribution in [0, 0.1) is 6.92 Å². The number of hydrogen-bond acceptors (Lipinski definition) is 4. The van der Waals surface area contributed by atoms with E-state index in [0.29, 0.717) is 18.0 Å². The van der Waals surface area contributed by atoms with Crippen molar-refractivity contribution in [2.45, 2.75) is 51.0 Å². The van der Waals surface area contributed by atoms with Crippen LogP contribution in [0.1, 0.15) is 48.6 Å². The number of nitrogens with zero attached hydrogens (tertiary/aromatic N) is 1. The van der Waals surface area contributed by atoms with E-state index in [1.54, 1.807) is 24.3 Å². The second-order valence-electron chi connectivity index (χ2n) is 8.92. The lowest BCUT2D eigenvalue weighted by Gasteiger charge is -2.25. The summed E-state index contributed by atoms with van der Waals surface area (Å²) in [6.45, 7) is 5.88. The number of fused-ring (bicyclic) bond motifs is 1. The fourth-order valence-corrected chi connectivity index (χ4v) is 5.81. The Hall–Kier alpha value is -3.32. The van der Waals surface area contributed by atoms with E-state index in [9.17, 15) is 13.2 Å². The average molecular weight is 493 g/mol. The van der Waals surface area contributed by atoms with Gasteiger partial charge in [0.15, 0.2) is 0 Å². The minimum Gasteiger partial charge on any atom is -0.494 e. The third-order valence-corrected chi connectivity index (χ3v) is 8.12. The Bertz CT molecular complexity index is 1290. The molecule has 3 aromatic rings. The number of rotatable bonds is 9. The van der Waals surface area contributed by atoms with Crippen LogP contribution in [0.4, 0.5) is 5.69 Å². The molecule has 35 heavy (non-hydrogen) atoms. The summed E-state index contributed by atoms with van der Waals surface area (Å²) in [7, 11) is -3.99. The van der Waals surface area contributed by atoms with Gasteiger partial charge in [-0.1, -0.05) is 35.9 Å². The molecule has 0 spiro atoms. The first-order chi connectivity index (χ1) is 16.8. The maximum absolute atomic E-state index is 13.6. The van der Waals surface area contributed by atoms with Crippen LogP contribution in [0.3, 0.4) is 0 Å². The summed E-state index contributed by atoms with van der Waals surface area (Å²) >= 11 is 0. The van der Waals surface area contributed by atoms with Gasteiger partial charge in [0.05, 0.1) is 23.2 Å². The van der Waals surface area contributed by atoms with Gasteiger partial charge in [-0.2, -0.15) is 0 Å². The highest BCUT2D eigenvalue weighted by Crippen LogP contribution is 2.27. The Morgan fingerprint density at radius 2 is 1.69 bits per heavy atom. The van der Waals surface area contributed by atoms with Gasteiger partial charge in [-0.05, 0) is 93.1 Å². The molecule has 4 rings (SSSR count). The molecular formula is C28H32N2O4S. The van der Waals surface area contributed by atoms with Gasteiger partial charge in [0.2, 0.25) is 5.91 Å². The van der Waals surface area contributed by atoms with Crippen molar-refractivity contribution in [2.75, 3.05) is 17.5 Å². The van der Waals surface area contributed by atoms with E-state index in [-0.39, 0.29) is 23.4 Å². The predicted octanol–water partition coefficient (Wildman–Crippen LogP) is 4.96. The second-order valence-corrected chi connectivity index (χ2v) is 10.8. The van der Waals surface area contributed by atoms with Crippen LogP contribution in [0.5, 0.6) is 5.75 Å². The number of nitrogens with one attached hydrogen (secondary N) is 1. The molecule has 1 amide bonds. The lowest BCUT2D eigenvalue weighted by atomic mass is 10.0. The van der Waals surface area contributed by atoms with Crippen LogP contribution in [0.2, 0.25) is 0 Å². The molecule has 1 aliphatic rings. The third kappa shape index (κ3) is 5.68. The largest absolute Gasteiger partial charge is 0.494 e. The molecule has 0 radical (unpaired) electrons. The second kappa shape index (κ2) is 10.5. The highest BCUT2D eigenvalue weighted by molar-refractivity contribution is 7.92. The minimum atomic E-state index is -3.99. The molecule has 0 saturated heterocycles. The number of anilines is 1. The molecule has 0 bridgehead atoms. The van der Waals surface area contributed by atoms with Crippen molar-refractivity contribution >= 4 is 21.6 Å². The predicted molar refractivity (Wildman–Crippen MR) is 138 cm³/mol. The summed E-state index contributed by atoms with van der Waals surface area (Å²) in [5.74, 6) is 0.224. The third-order valence-electron chi connectivity index (χ3n) is 6.33. The summed E-state index contributed by atoms with van der Waals surface area (Å²) in [5, 5.41) is 2.98. The van der Waals surface area contributed by atoms with Crippen LogP contribution in [0.15, 0.2) is 71.6 Å². The molecule has 3 aromatic carbocycles. The molecular weight excluding hydrogens is 460 g/mol. The first-order valence-corrected chi connectivity index (χ1v) is 13.5. The van der Waals surface area contributed by atoms with Gasteiger partial charge in [-0.25, -0.2) is 8.42 Å². The quantitative estimate of drug-likeness (QED) is 0.458. The maximum atomic E-state index is 13.6. The van der Waals surface area contributed by atoms with Crippen molar-refractivity contribution in [1.29, 1.82) is 0 Å². The number of carbonyl (C=O) groups is 1. The summed E-state index contributed by atoms with van der Waals surface area (Å²) in [4.78, 5) is 13.2. The fraction of sp³-hybridized carbons (Fsp3) is 0.321. The van der Waals surface area contributed by atoms with Crippen LogP contribution >= 0.6 is 0 Å². The van der Waals surface area contributed by atoms with Gasteiger partial charge in [0.25, 0.3) is 10.0 Å². The highest BCUT2D eigenvalue weighted by atomic mass is 32.2. The smallest absolute Gasteiger partial charge is 0.264 e. The lowest BCUT2D eigenvalue weighted by molar-refractivity contribution is -0.120. The van der Waals surface area contributed by atoms with Crippen LogP contribution in [-0.4, -0.2) is 27.5 Å². The number of hydrogen-bond donors (Lipinski definition) is 1. The van der Waals surface area contributed by atoms with Gasteiger partial charge >= 0.3 is 0 Å². The van der Waals surface area contributed by atoms with E-state index in [1.165, 1.54) is 23.3 Å². The van der Waals surface area contributed by atoms with E-state index in [4.69, 9.17) is 4.74 Å². The summed E-state index contributed by atoms with van der Waals surface area (Å²) < 4.78 is 33.8. The Morgan fingerprint density at radius 3 is 2.37 bits per heavy atom. The van der Waals surface area contributed by atoms with Crippen molar-refractivity contribution < 1.29 is 17.9 Å². The first-order valence-electron chi connectivity index (χ1n) is 12.0. The van der Waals surface area contributed by atoms with Gasteiger partial charge in [-0.15, -0.1) is 0 Å². The Kier molecular flexibility index (Phi) is 7.45. The van der Waals surface area contributed by atoms with Gasteiger partial charge < -0.3 is 10.1 Å². The molecule has 0 fully saturated rings. The number of carbonyl (C=O) groups excluding carboxylic acids is 1. The number of aryl methyl sites for hydroxylation is 3. The van der Waals surface area contributed by atoms with Gasteiger partial charge in [0, 0.05) is 0 Å². The molecule has 0 saturated carbocycles. The molecule has 1 aliphatic carbocycles. The van der Waals surface area contributed by atoms with Crippen LogP contribution in [0.25, 0.3) is 0 Å². The molecule has 0 aliphatic heterocycles. The summed E-state index contributed by atoms with van der Waals surface area (Å²) in [6, 6.07) is 19.5. The molecule has 0 heterocycles. The first kappa shape index (κ1) is 24.8. The van der Waals surface area contributed by atoms with Crippen LogP contribution in [-0.2, 0) is 27.7 Å². The van der Waals surface area contributed by atoms with Crippen molar-refractivity contribution in [3.8, 4) is 5.75 Å². The zero-order valence-electron chi connectivity index (χ0n) is 20.5. The lowest BCUT2D eigenvalue weighted by Crippen LogP contribution is -2.41. The molecule has 0 aromatic heterocycles. The van der Waals surface area contributed by atoms with E-state index in [1.807, 2.05) is 39.0 Å². The van der Waals surface area contributed by atoms with Crippen molar-refractivity contribution in [2.24, 2.45) is 0 Å². The minimum absolute atomic E-state index is 0.0981. The highest BCUT2D eigenvalue weighted by Gasteiger charge is 2.28. The number of amides is 1. The number of sulfonamides is 1. The van der Waals surface area contributed by atoms with E-state index >= 15 is 0 Å². The van der Waals surface area contributed by atoms with E-state index in [0.717, 1.165) is 34.7 Å². The van der Waals surface area contributed by atoms with Crippen LogP contribution < -0.4 is 14.4 Å². The summed E-state index contributed by atoms with van der Waals surface area (Å²) in [5.41, 5.74) is 5.17. The fourth-order valence-electron chi connectivity index (χ4n) is 4.39. The zero-order valence-corrected chi connectivity index (χ0v) is 21.3. The Labute approximate surface area is 208 Å². The maximum Gasteiger partial charge on any atom is 0.264 e. The monoisotopic (exact) mass is 492 g/mol. The molecule has 184 valence electrons. The van der Waals surface area contributed by atoms with Crippen molar-refractivity contribution in [3.05, 3.63) is 89.0 Å². The van der Waals surface area contributed by atoms with Gasteiger partial charge in [-0.3, -0.25) is 9.10 Å². The Balaban J connectivity index is 1.56. The normalized spacial score (nSPS) is 13.7.